The summed E-state index contributed by atoms with van der Waals surface area (Å²) in [4.78, 5) is 12.3. The Morgan fingerprint density at radius 2 is 1.69 bits per heavy atom. The van der Waals surface area contributed by atoms with Crippen LogP contribution in [0.3, 0.4) is 0 Å². The van der Waals surface area contributed by atoms with Crippen LogP contribution in [-0.4, -0.2) is 40.3 Å². The summed E-state index contributed by atoms with van der Waals surface area (Å²) in [6, 6.07) is 13.4. The number of benzene rings is 2. The van der Waals surface area contributed by atoms with E-state index in [4.69, 9.17) is 4.74 Å². The van der Waals surface area contributed by atoms with Crippen molar-refractivity contribution < 1.29 is 17.9 Å². The van der Waals surface area contributed by atoms with Gasteiger partial charge in [-0.25, -0.2) is 8.42 Å². The molecule has 6 nitrogen and oxygen atoms in total. The predicted molar refractivity (Wildman–Crippen MR) is 117 cm³/mol. The second-order valence-corrected chi connectivity index (χ2v) is 9.11. The van der Waals surface area contributed by atoms with E-state index in [0.717, 1.165) is 40.3 Å². The van der Waals surface area contributed by atoms with Gasteiger partial charge in [0.15, 0.2) is 0 Å². The zero-order chi connectivity index (χ0) is 21.4. The van der Waals surface area contributed by atoms with E-state index in [9.17, 15) is 13.2 Å². The highest BCUT2D eigenvalue weighted by Gasteiger charge is 2.21. The van der Waals surface area contributed by atoms with Crippen molar-refractivity contribution in [3.8, 4) is 5.75 Å². The molecule has 0 bridgehead atoms. The number of carbonyl (C=O) groups is 1. The summed E-state index contributed by atoms with van der Waals surface area (Å²) in [6.45, 7) is 6.25. The number of ether oxygens (including phenoxy) is 1. The third-order valence-corrected chi connectivity index (χ3v) is 5.48. The molecular formula is C22H30N2O4S. The van der Waals surface area contributed by atoms with Crippen LogP contribution in [0.5, 0.6) is 5.75 Å². The first-order valence-electron chi connectivity index (χ1n) is 9.73. The molecule has 1 amide bonds. The fourth-order valence-corrected chi connectivity index (χ4v) is 3.92. The van der Waals surface area contributed by atoms with Crippen LogP contribution in [0.4, 0.5) is 5.69 Å². The van der Waals surface area contributed by atoms with Crippen LogP contribution < -0.4 is 14.4 Å². The standard InChI is InChI=1S/C22H30N2O4S/c1-5-6-19-7-9-21(10-8-19)28-12-11-23-22(25)16-24(29(4,26)27)20-14-17(2)13-18(3)15-20/h7-10,13-15H,5-6,11-12,16H2,1-4H3,(H,23,25). The molecule has 0 aliphatic heterocycles. The minimum absolute atomic E-state index is 0.270. The Labute approximate surface area is 173 Å². The minimum atomic E-state index is -3.59. The smallest absolute Gasteiger partial charge is 0.240 e. The number of sulfonamides is 1. The Kier molecular flexibility index (Phi) is 8.08. The Hall–Kier alpha value is -2.54. The highest BCUT2D eigenvalue weighted by atomic mass is 32.2. The Morgan fingerprint density at radius 3 is 2.24 bits per heavy atom. The Balaban J connectivity index is 1.88. The van der Waals surface area contributed by atoms with Gasteiger partial charge < -0.3 is 10.1 Å². The van der Waals surface area contributed by atoms with Crippen LogP contribution in [0.2, 0.25) is 0 Å². The lowest BCUT2D eigenvalue weighted by Crippen LogP contribution is -2.41. The molecule has 158 valence electrons. The van der Waals surface area contributed by atoms with Gasteiger partial charge >= 0.3 is 0 Å². The van der Waals surface area contributed by atoms with E-state index < -0.39 is 10.0 Å². The van der Waals surface area contributed by atoms with Crippen LogP contribution >= 0.6 is 0 Å². The van der Waals surface area contributed by atoms with Crippen molar-refractivity contribution in [3.05, 3.63) is 59.2 Å². The van der Waals surface area contributed by atoms with Crippen LogP contribution in [0.15, 0.2) is 42.5 Å². The number of nitrogens with zero attached hydrogens (tertiary/aromatic N) is 1. The van der Waals surface area contributed by atoms with Gasteiger partial charge in [0.05, 0.1) is 18.5 Å². The maximum atomic E-state index is 12.3. The summed E-state index contributed by atoms with van der Waals surface area (Å²) >= 11 is 0. The number of rotatable bonds is 10. The number of anilines is 1. The molecular weight excluding hydrogens is 388 g/mol. The first-order chi connectivity index (χ1) is 13.7. The Bertz CT molecular complexity index is 904. The minimum Gasteiger partial charge on any atom is -0.492 e. The topological polar surface area (TPSA) is 75.7 Å². The summed E-state index contributed by atoms with van der Waals surface area (Å²) in [6.07, 6.45) is 3.23. The number of hydrogen-bond donors (Lipinski definition) is 1. The monoisotopic (exact) mass is 418 g/mol. The van der Waals surface area contributed by atoms with Gasteiger partial charge in [-0.15, -0.1) is 0 Å². The maximum absolute atomic E-state index is 12.3. The van der Waals surface area contributed by atoms with Crippen molar-refractivity contribution in [3.63, 3.8) is 0 Å². The molecule has 0 heterocycles. The second kappa shape index (κ2) is 10.3. The van der Waals surface area contributed by atoms with Gasteiger partial charge in [0, 0.05) is 0 Å². The van der Waals surface area contributed by atoms with Crippen LogP contribution in [-0.2, 0) is 21.2 Å². The molecule has 2 aromatic carbocycles. The number of aryl methyl sites for hydroxylation is 3. The summed E-state index contributed by atoms with van der Waals surface area (Å²) in [5, 5.41) is 2.72. The largest absolute Gasteiger partial charge is 0.492 e. The summed E-state index contributed by atoms with van der Waals surface area (Å²) < 4.78 is 31.2. The molecule has 2 rings (SSSR count). The molecule has 0 aliphatic carbocycles. The van der Waals surface area contributed by atoms with E-state index in [2.05, 4.69) is 12.2 Å². The van der Waals surface area contributed by atoms with Crippen molar-refractivity contribution >= 4 is 21.6 Å². The quantitative estimate of drug-likeness (QED) is 0.601. The van der Waals surface area contributed by atoms with E-state index in [-0.39, 0.29) is 12.5 Å². The molecule has 0 unspecified atom stereocenters. The molecule has 0 saturated carbocycles. The molecule has 29 heavy (non-hydrogen) atoms. The van der Waals surface area contributed by atoms with Crippen LogP contribution in [0, 0.1) is 13.8 Å². The van der Waals surface area contributed by atoms with Gasteiger partial charge in [-0.05, 0) is 61.2 Å². The lowest BCUT2D eigenvalue weighted by molar-refractivity contribution is -0.119. The first kappa shape index (κ1) is 22.7. The molecule has 7 heteroatoms. The van der Waals surface area contributed by atoms with Crippen molar-refractivity contribution in [1.29, 1.82) is 0 Å². The summed E-state index contributed by atoms with van der Waals surface area (Å²) in [5.41, 5.74) is 3.63. The van der Waals surface area contributed by atoms with Gasteiger partial charge in [0.25, 0.3) is 0 Å². The van der Waals surface area contributed by atoms with Gasteiger partial charge in [-0.1, -0.05) is 31.5 Å². The van der Waals surface area contributed by atoms with E-state index in [0.29, 0.717) is 18.8 Å². The number of nitrogens with one attached hydrogen (secondary N) is 1. The fraction of sp³-hybridized carbons (Fsp3) is 0.409. The average molecular weight is 419 g/mol. The fourth-order valence-electron chi connectivity index (χ4n) is 3.08. The van der Waals surface area contributed by atoms with Crippen molar-refractivity contribution in [2.45, 2.75) is 33.6 Å². The third kappa shape index (κ3) is 7.42. The number of carbonyl (C=O) groups excluding carboxylic acids is 1. The summed E-state index contributed by atoms with van der Waals surface area (Å²) in [5.74, 6) is 0.364. The maximum Gasteiger partial charge on any atom is 0.240 e. The van der Waals surface area contributed by atoms with Crippen molar-refractivity contribution in [2.24, 2.45) is 0 Å². The van der Waals surface area contributed by atoms with Gasteiger partial charge in [-0.2, -0.15) is 0 Å². The summed E-state index contributed by atoms with van der Waals surface area (Å²) in [7, 11) is -3.59. The number of hydrogen-bond acceptors (Lipinski definition) is 4. The van der Waals surface area contributed by atoms with Crippen LogP contribution in [0.1, 0.15) is 30.0 Å². The zero-order valence-corrected chi connectivity index (χ0v) is 18.4. The molecule has 1 N–H and O–H groups in total. The van der Waals surface area contributed by atoms with Gasteiger partial charge in [-0.3, -0.25) is 9.10 Å². The van der Waals surface area contributed by atoms with Gasteiger partial charge in [0.2, 0.25) is 15.9 Å². The number of amides is 1. The average Bonchev–Trinajstić information content (AvgIpc) is 2.63. The van der Waals surface area contributed by atoms with Crippen molar-refractivity contribution in [1.82, 2.24) is 5.32 Å². The van der Waals surface area contributed by atoms with Gasteiger partial charge in [0.1, 0.15) is 18.9 Å². The third-order valence-electron chi connectivity index (χ3n) is 4.34. The Morgan fingerprint density at radius 1 is 1.07 bits per heavy atom. The van der Waals surface area contributed by atoms with Crippen LogP contribution in [0.25, 0.3) is 0 Å². The molecule has 0 atom stereocenters. The predicted octanol–water partition coefficient (Wildman–Crippen LogP) is 3.22. The van der Waals surface area contributed by atoms with E-state index in [1.807, 2.05) is 44.2 Å². The molecule has 0 aliphatic rings. The molecule has 0 aromatic heterocycles. The van der Waals surface area contributed by atoms with E-state index >= 15 is 0 Å². The SMILES string of the molecule is CCCc1ccc(OCCNC(=O)CN(c2cc(C)cc(C)c2)S(C)(=O)=O)cc1. The lowest BCUT2D eigenvalue weighted by atomic mass is 10.1. The first-order valence-corrected chi connectivity index (χ1v) is 11.6. The molecule has 0 fully saturated rings. The molecule has 2 aromatic rings. The highest BCUT2D eigenvalue weighted by Crippen LogP contribution is 2.21. The normalized spacial score (nSPS) is 11.2. The van der Waals surface area contributed by atoms with Crippen molar-refractivity contribution in [2.75, 3.05) is 30.3 Å². The molecule has 0 spiro atoms. The second-order valence-electron chi connectivity index (χ2n) is 7.21. The van der Waals surface area contributed by atoms with E-state index in [1.54, 1.807) is 12.1 Å². The molecule has 0 radical (unpaired) electrons. The lowest BCUT2D eigenvalue weighted by Gasteiger charge is -2.22. The zero-order valence-electron chi connectivity index (χ0n) is 17.6. The highest BCUT2D eigenvalue weighted by molar-refractivity contribution is 7.92. The van der Waals surface area contributed by atoms with E-state index in [1.165, 1.54) is 5.56 Å². The molecule has 0 saturated heterocycles.